The van der Waals surface area contributed by atoms with Gasteiger partial charge in [-0.2, -0.15) is 0 Å². The van der Waals surface area contributed by atoms with Crippen molar-refractivity contribution >= 4 is 6.85 Å². The Bertz CT molecular complexity index is 121. The summed E-state index contributed by atoms with van der Waals surface area (Å²) >= 11 is 0. The molecule has 1 saturated carbocycles. The van der Waals surface area contributed by atoms with Gasteiger partial charge in [-0.25, -0.2) is 4.39 Å². The smallest absolute Gasteiger partial charge is 0.217 e. The van der Waals surface area contributed by atoms with E-state index in [0.29, 0.717) is 12.8 Å². The number of alkyl halides is 1. The minimum absolute atomic E-state index is 0.331. The van der Waals surface area contributed by atoms with Gasteiger partial charge in [0.25, 0.3) is 0 Å². The lowest BCUT2D eigenvalue weighted by Gasteiger charge is -2.14. The molecule has 11 heavy (non-hydrogen) atoms. The Kier molecular flexibility index (Phi) is 3.37. The number of rotatable bonds is 3. The molecule has 0 spiro atoms. The van der Waals surface area contributed by atoms with E-state index < -0.39 is 6.17 Å². The molecule has 1 aliphatic rings. The Morgan fingerprint density at radius 2 is 2.27 bits per heavy atom. The van der Waals surface area contributed by atoms with Crippen molar-refractivity contribution in [3.63, 3.8) is 0 Å². The van der Waals surface area contributed by atoms with Crippen molar-refractivity contribution in [1.82, 2.24) is 5.23 Å². The van der Waals surface area contributed by atoms with E-state index in [-0.39, 0.29) is 0 Å². The second kappa shape index (κ2) is 4.10. The Labute approximate surface area is 68.8 Å². The van der Waals surface area contributed by atoms with Crippen LogP contribution in [0.2, 0.25) is 13.1 Å². The van der Waals surface area contributed by atoms with E-state index in [2.05, 4.69) is 12.1 Å². The Hall–Kier alpha value is -0.0451. The zero-order valence-electron chi connectivity index (χ0n) is 7.44. The number of hydrogen-bond acceptors (Lipinski definition) is 1. The zero-order chi connectivity index (χ0) is 8.27. The minimum atomic E-state index is -0.522. The van der Waals surface area contributed by atoms with Gasteiger partial charge < -0.3 is 5.23 Å². The normalized spacial score (nSPS) is 30.8. The van der Waals surface area contributed by atoms with Gasteiger partial charge in [-0.3, -0.25) is 0 Å². The molecule has 0 aromatic carbocycles. The number of hydrogen-bond donors (Lipinski definition) is 1. The molecule has 1 rings (SSSR count). The number of nitrogens with one attached hydrogen (secondary N) is 1. The average molecular weight is 157 g/mol. The molecule has 0 heterocycles. The van der Waals surface area contributed by atoms with Gasteiger partial charge in [0.15, 0.2) is 0 Å². The first-order chi connectivity index (χ1) is 5.24. The SMILES string of the molecule is CNB(C)CC1CCCC1F. The Balaban J connectivity index is 2.24. The van der Waals surface area contributed by atoms with Crippen LogP contribution in [0.15, 0.2) is 0 Å². The van der Waals surface area contributed by atoms with Gasteiger partial charge >= 0.3 is 0 Å². The van der Waals surface area contributed by atoms with Crippen molar-refractivity contribution in [3.05, 3.63) is 0 Å². The van der Waals surface area contributed by atoms with Crippen LogP contribution in [-0.4, -0.2) is 20.1 Å². The van der Waals surface area contributed by atoms with E-state index in [1.807, 2.05) is 7.05 Å². The van der Waals surface area contributed by atoms with E-state index in [1.54, 1.807) is 0 Å². The van der Waals surface area contributed by atoms with Gasteiger partial charge in [-0.15, -0.1) is 0 Å². The molecule has 1 aliphatic carbocycles. The summed E-state index contributed by atoms with van der Waals surface area (Å²) in [6.45, 7) is 2.58. The molecule has 0 aliphatic heterocycles. The highest BCUT2D eigenvalue weighted by Gasteiger charge is 2.28. The summed E-state index contributed by atoms with van der Waals surface area (Å²) in [7, 11) is 1.94. The Morgan fingerprint density at radius 1 is 1.55 bits per heavy atom. The van der Waals surface area contributed by atoms with Gasteiger partial charge in [0.1, 0.15) is 6.17 Å². The molecule has 0 saturated heterocycles. The third-order valence-electron chi connectivity index (χ3n) is 2.72. The van der Waals surface area contributed by atoms with Crippen LogP contribution in [-0.2, 0) is 0 Å². The van der Waals surface area contributed by atoms with E-state index in [4.69, 9.17) is 0 Å². The van der Waals surface area contributed by atoms with E-state index in [1.165, 1.54) is 0 Å². The van der Waals surface area contributed by atoms with Gasteiger partial charge in [0, 0.05) is 0 Å². The molecule has 64 valence electrons. The van der Waals surface area contributed by atoms with Gasteiger partial charge in [-0.05, 0) is 25.8 Å². The van der Waals surface area contributed by atoms with Crippen LogP contribution < -0.4 is 5.23 Å². The largest absolute Gasteiger partial charge is 0.359 e. The number of halogens is 1. The molecule has 0 radical (unpaired) electrons. The molecule has 0 aromatic rings. The van der Waals surface area contributed by atoms with Crippen molar-refractivity contribution in [2.24, 2.45) is 5.92 Å². The highest BCUT2D eigenvalue weighted by molar-refractivity contribution is 6.54. The lowest BCUT2D eigenvalue weighted by atomic mass is 9.58. The van der Waals surface area contributed by atoms with E-state index in [9.17, 15) is 4.39 Å². The quantitative estimate of drug-likeness (QED) is 0.617. The summed E-state index contributed by atoms with van der Waals surface area (Å²) in [5.74, 6) is 0.331. The van der Waals surface area contributed by atoms with Gasteiger partial charge in [-0.1, -0.05) is 19.6 Å². The summed E-state index contributed by atoms with van der Waals surface area (Å²) in [6.07, 6.45) is 3.44. The molecular weight excluding hydrogens is 140 g/mol. The molecular formula is C8H17BFN. The molecule has 2 atom stereocenters. The van der Waals surface area contributed by atoms with Crippen molar-refractivity contribution in [2.45, 2.75) is 38.6 Å². The van der Waals surface area contributed by atoms with Crippen LogP contribution in [0.4, 0.5) is 4.39 Å². The molecule has 1 fully saturated rings. The molecule has 0 aromatic heterocycles. The third kappa shape index (κ3) is 2.47. The van der Waals surface area contributed by atoms with E-state index in [0.717, 1.165) is 25.6 Å². The third-order valence-corrected chi connectivity index (χ3v) is 2.72. The van der Waals surface area contributed by atoms with Gasteiger partial charge in [0.2, 0.25) is 6.85 Å². The van der Waals surface area contributed by atoms with Gasteiger partial charge in [0.05, 0.1) is 0 Å². The maximum atomic E-state index is 13.1. The van der Waals surface area contributed by atoms with Crippen molar-refractivity contribution < 1.29 is 4.39 Å². The standard InChI is InChI=1S/C8H17BFN/c1-9(11-2)6-7-4-3-5-8(7)10/h7-8,11H,3-6H2,1-2H3. The second-order valence-corrected chi connectivity index (χ2v) is 3.63. The summed E-state index contributed by atoms with van der Waals surface area (Å²) in [5, 5.41) is 3.15. The highest BCUT2D eigenvalue weighted by atomic mass is 19.1. The fourth-order valence-electron chi connectivity index (χ4n) is 1.83. The monoisotopic (exact) mass is 157 g/mol. The maximum absolute atomic E-state index is 13.1. The summed E-state index contributed by atoms with van der Waals surface area (Å²) in [6, 6.07) is 0. The fraction of sp³-hybridized carbons (Fsp3) is 1.00. The molecule has 3 heteroatoms. The molecule has 1 nitrogen and oxygen atoms in total. The van der Waals surface area contributed by atoms with Crippen LogP contribution in [0.5, 0.6) is 0 Å². The van der Waals surface area contributed by atoms with Crippen LogP contribution >= 0.6 is 0 Å². The van der Waals surface area contributed by atoms with E-state index >= 15 is 0 Å². The summed E-state index contributed by atoms with van der Waals surface area (Å²) in [5.41, 5.74) is 0. The molecule has 0 bridgehead atoms. The first kappa shape index (κ1) is 9.05. The van der Waals surface area contributed by atoms with Crippen molar-refractivity contribution in [3.8, 4) is 0 Å². The zero-order valence-corrected chi connectivity index (χ0v) is 7.44. The van der Waals surface area contributed by atoms with Crippen LogP contribution in [0.25, 0.3) is 0 Å². The molecule has 0 amide bonds. The minimum Gasteiger partial charge on any atom is -0.359 e. The molecule has 1 N–H and O–H groups in total. The predicted octanol–water partition coefficient (Wildman–Crippen LogP) is 1.97. The predicted molar refractivity (Wildman–Crippen MR) is 47.7 cm³/mol. The second-order valence-electron chi connectivity index (χ2n) is 3.63. The topological polar surface area (TPSA) is 12.0 Å². The average Bonchev–Trinajstić information content (AvgIpc) is 2.37. The highest BCUT2D eigenvalue weighted by Crippen LogP contribution is 2.31. The Morgan fingerprint density at radius 3 is 2.73 bits per heavy atom. The lowest BCUT2D eigenvalue weighted by Crippen LogP contribution is -2.30. The fourth-order valence-corrected chi connectivity index (χ4v) is 1.83. The first-order valence-corrected chi connectivity index (χ1v) is 4.55. The first-order valence-electron chi connectivity index (χ1n) is 4.55. The van der Waals surface area contributed by atoms with Crippen LogP contribution in [0, 0.1) is 5.92 Å². The summed E-state index contributed by atoms with van der Waals surface area (Å²) < 4.78 is 13.1. The van der Waals surface area contributed by atoms with Crippen molar-refractivity contribution in [2.75, 3.05) is 7.05 Å². The maximum Gasteiger partial charge on any atom is 0.217 e. The van der Waals surface area contributed by atoms with Crippen LogP contribution in [0.1, 0.15) is 19.3 Å². The summed E-state index contributed by atoms with van der Waals surface area (Å²) in [4.78, 5) is 0. The van der Waals surface area contributed by atoms with Crippen molar-refractivity contribution in [1.29, 1.82) is 0 Å². The van der Waals surface area contributed by atoms with Crippen LogP contribution in [0.3, 0.4) is 0 Å². The lowest BCUT2D eigenvalue weighted by molar-refractivity contribution is 0.276. The molecule has 2 unspecified atom stereocenters.